The van der Waals surface area contributed by atoms with E-state index >= 15 is 0 Å². The summed E-state index contributed by atoms with van der Waals surface area (Å²) in [4.78, 5) is 43.1. The zero-order valence-electron chi connectivity index (χ0n) is 20.7. The lowest BCUT2D eigenvalue weighted by atomic mass is 10.0. The third-order valence-corrected chi connectivity index (χ3v) is 7.65. The van der Waals surface area contributed by atoms with Crippen molar-refractivity contribution in [2.75, 3.05) is 10.7 Å². The molecule has 194 valence electrons. The van der Waals surface area contributed by atoms with Gasteiger partial charge in [0.15, 0.2) is 5.75 Å². The van der Waals surface area contributed by atoms with Crippen LogP contribution < -0.4 is 19.9 Å². The molecule has 3 aromatic rings. The maximum absolute atomic E-state index is 13.5. The molecular weight excluding hydrogens is 580 g/mol. The molecule has 2 aromatic carbocycles. The fourth-order valence-corrected chi connectivity index (χ4v) is 6.15. The maximum Gasteiger partial charge on any atom is 0.325 e. The lowest BCUT2D eigenvalue weighted by Crippen LogP contribution is -2.60. The summed E-state index contributed by atoms with van der Waals surface area (Å²) in [6.07, 6.45) is 3.44. The Hall–Kier alpha value is -2.69. The molecular formula is C26H27BrClN4O4S+. The van der Waals surface area contributed by atoms with Crippen LogP contribution in [-0.4, -0.2) is 27.7 Å². The second-order valence-electron chi connectivity index (χ2n) is 8.64. The molecule has 1 aliphatic heterocycles. The number of aromatic nitrogens is 3. The minimum Gasteiger partial charge on any atom is -0.425 e. The molecule has 0 fully saturated rings. The van der Waals surface area contributed by atoms with E-state index in [2.05, 4.69) is 27.8 Å². The summed E-state index contributed by atoms with van der Waals surface area (Å²) in [6.45, 7) is 4.89. The molecule has 37 heavy (non-hydrogen) atoms. The fraction of sp³-hybridized carbons (Fsp3) is 0.346. The van der Waals surface area contributed by atoms with Gasteiger partial charge in [-0.2, -0.15) is 0 Å². The number of esters is 1. The van der Waals surface area contributed by atoms with Crippen molar-refractivity contribution in [3.8, 4) is 17.0 Å². The number of thioether (sulfide) groups is 1. The van der Waals surface area contributed by atoms with Gasteiger partial charge in [-0.25, -0.2) is 4.90 Å². The van der Waals surface area contributed by atoms with Crippen LogP contribution in [0.5, 0.6) is 5.75 Å². The van der Waals surface area contributed by atoms with Crippen LogP contribution in [0.15, 0.2) is 50.8 Å². The molecule has 1 N–H and O–H groups in total. The van der Waals surface area contributed by atoms with E-state index in [1.54, 1.807) is 36.4 Å². The number of para-hydroxylation sites is 1. The van der Waals surface area contributed by atoms with Crippen molar-refractivity contribution in [2.45, 2.75) is 57.8 Å². The standard InChI is InChI=1S/C26H26BrClN4O4S/c1-4-5-6-9-12-37-26-29-24(35)22-18-10-7-8-11-21(18)31(15(2)33)25(32(22)30-26)19-13-17(28)14-20(27)23(19)36-16(3)34/h7-8,10-11,13-14,25H,4-6,9,12H2,1-3H3/p+1/t25-/m1/s1. The molecule has 2 heterocycles. The number of anilines is 1. The van der Waals surface area contributed by atoms with Gasteiger partial charge in [0.2, 0.25) is 11.1 Å². The van der Waals surface area contributed by atoms with Crippen LogP contribution in [0.2, 0.25) is 5.02 Å². The summed E-state index contributed by atoms with van der Waals surface area (Å²) in [7, 11) is 0. The number of H-pyrrole nitrogens is 1. The van der Waals surface area contributed by atoms with Crippen molar-refractivity contribution in [2.24, 2.45) is 0 Å². The highest BCUT2D eigenvalue weighted by molar-refractivity contribution is 9.10. The van der Waals surface area contributed by atoms with Gasteiger partial charge in [-0.1, -0.05) is 61.7 Å². The zero-order chi connectivity index (χ0) is 26.7. The van der Waals surface area contributed by atoms with E-state index in [1.165, 1.54) is 35.2 Å². The number of hydrogen-bond donors (Lipinski definition) is 1. The number of aromatic amines is 1. The molecule has 8 nitrogen and oxygen atoms in total. The quantitative estimate of drug-likeness (QED) is 0.117. The molecule has 4 rings (SSSR count). The van der Waals surface area contributed by atoms with Crippen molar-refractivity contribution in [1.29, 1.82) is 0 Å². The minimum absolute atomic E-state index is 0.196. The zero-order valence-corrected chi connectivity index (χ0v) is 23.9. The Labute approximate surface area is 232 Å². The van der Waals surface area contributed by atoms with Crippen LogP contribution in [0.25, 0.3) is 11.3 Å². The topological polar surface area (TPSA) is 96.2 Å². The number of ether oxygens (including phenoxy) is 1. The normalized spacial score (nSPS) is 14.2. The molecule has 0 unspecified atom stereocenters. The van der Waals surface area contributed by atoms with Crippen LogP contribution in [0, 0.1) is 0 Å². The van der Waals surface area contributed by atoms with E-state index in [4.69, 9.17) is 21.4 Å². The molecule has 0 radical (unpaired) electrons. The number of nitrogens with zero attached hydrogens (tertiary/aromatic N) is 3. The summed E-state index contributed by atoms with van der Waals surface area (Å²) in [6, 6.07) is 10.4. The number of nitrogens with one attached hydrogen (secondary N) is 1. The van der Waals surface area contributed by atoms with E-state index in [0.717, 1.165) is 31.4 Å². The van der Waals surface area contributed by atoms with Gasteiger partial charge in [-0.3, -0.25) is 19.4 Å². The fourth-order valence-electron chi connectivity index (χ4n) is 4.38. The van der Waals surface area contributed by atoms with Crippen molar-refractivity contribution < 1.29 is 19.0 Å². The Morgan fingerprint density at radius 1 is 1.22 bits per heavy atom. The van der Waals surface area contributed by atoms with Gasteiger partial charge >= 0.3 is 17.2 Å². The first-order valence-corrected chi connectivity index (χ1v) is 14.1. The molecule has 1 atom stereocenters. The third-order valence-electron chi connectivity index (χ3n) is 5.90. The number of unbranched alkanes of at least 4 members (excludes halogenated alkanes) is 3. The first-order valence-electron chi connectivity index (χ1n) is 12.0. The predicted molar refractivity (Wildman–Crippen MR) is 147 cm³/mol. The molecule has 0 spiro atoms. The van der Waals surface area contributed by atoms with E-state index < -0.39 is 12.1 Å². The number of benzene rings is 2. The summed E-state index contributed by atoms with van der Waals surface area (Å²) in [5, 5.41) is 5.59. The average Bonchev–Trinajstić information content (AvgIpc) is 2.84. The second-order valence-corrected chi connectivity index (χ2v) is 11.0. The molecule has 0 bridgehead atoms. The predicted octanol–water partition coefficient (Wildman–Crippen LogP) is 5.65. The Balaban J connectivity index is 1.95. The maximum atomic E-state index is 13.5. The Morgan fingerprint density at radius 3 is 2.68 bits per heavy atom. The smallest absolute Gasteiger partial charge is 0.325 e. The third kappa shape index (κ3) is 5.76. The van der Waals surface area contributed by atoms with Crippen molar-refractivity contribution in [1.82, 2.24) is 10.1 Å². The van der Waals surface area contributed by atoms with Crippen LogP contribution >= 0.6 is 39.3 Å². The first-order chi connectivity index (χ1) is 17.7. The van der Waals surface area contributed by atoms with Crippen LogP contribution in [0.4, 0.5) is 5.69 Å². The van der Waals surface area contributed by atoms with E-state index in [0.29, 0.717) is 37.2 Å². The number of carbonyl (C=O) groups is 2. The number of fused-ring (bicyclic) bond motifs is 3. The van der Waals surface area contributed by atoms with Crippen molar-refractivity contribution in [3.05, 3.63) is 61.8 Å². The number of rotatable bonds is 8. The largest absolute Gasteiger partial charge is 0.425 e. The van der Waals surface area contributed by atoms with Crippen molar-refractivity contribution >= 4 is 56.9 Å². The minimum atomic E-state index is -0.937. The van der Waals surface area contributed by atoms with Gasteiger partial charge in [0.05, 0.1) is 21.3 Å². The number of halogens is 2. The highest BCUT2D eigenvalue weighted by atomic mass is 79.9. The van der Waals surface area contributed by atoms with Crippen LogP contribution in [-0.2, 0) is 9.59 Å². The number of hydrogen-bond acceptors (Lipinski definition) is 6. The summed E-state index contributed by atoms with van der Waals surface area (Å²) in [5.41, 5.74) is 1.47. The van der Waals surface area contributed by atoms with Gasteiger partial charge < -0.3 is 4.74 Å². The Morgan fingerprint density at radius 2 is 1.97 bits per heavy atom. The highest BCUT2D eigenvalue weighted by Gasteiger charge is 2.46. The summed E-state index contributed by atoms with van der Waals surface area (Å²) >= 11 is 11.3. The van der Waals surface area contributed by atoms with Gasteiger partial charge in [-0.15, -0.1) is 0 Å². The summed E-state index contributed by atoms with van der Waals surface area (Å²) < 4.78 is 7.53. The Bertz CT molecular complexity index is 1410. The molecule has 0 saturated heterocycles. The second kappa shape index (κ2) is 11.8. The van der Waals surface area contributed by atoms with Crippen molar-refractivity contribution in [3.63, 3.8) is 0 Å². The van der Waals surface area contributed by atoms with Gasteiger partial charge in [0.1, 0.15) is 0 Å². The molecule has 0 aliphatic carbocycles. The summed E-state index contributed by atoms with van der Waals surface area (Å²) in [5.74, 6) is 0.168. The van der Waals surface area contributed by atoms with Gasteiger partial charge in [0.25, 0.3) is 6.17 Å². The van der Waals surface area contributed by atoms with Gasteiger partial charge in [-0.05, 0) is 51.3 Å². The van der Waals surface area contributed by atoms with E-state index in [9.17, 15) is 14.4 Å². The average molecular weight is 607 g/mol. The van der Waals surface area contributed by atoms with E-state index in [-0.39, 0.29) is 17.2 Å². The van der Waals surface area contributed by atoms with Crippen LogP contribution in [0.1, 0.15) is 58.2 Å². The van der Waals surface area contributed by atoms with Crippen LogP contribution in [0.3, 0.4) is 0 Å². The lowest BCUT2D eigenvalue weighted by molar-refractivity contribution is -0.763. The SMILES string of the molecule is CCCCCCSc1n[n+]2c(c(=O)[nH]1)-c1ccccc1N(C(C)=O)[C@H]2c1cc(Cl)cc(Br)c1OC(C)=O. The lowest BCUT2D eigenvalue weighted by Gasteiger charge is -2.32. The number of carbonyl (C=O) groups excluding carboxylic acids is 2. The monoisotopic (exact) mass is 605 g/mol. The van der Waals surface area contributed by atoms with E-state index in [1.807, 2.05) is 0 Å². The molecule has 1 aromatic heterocycles. The molecule has 11 heteroatoms. The molecule has 1 amide bonds. The Kier molecular flexibility index (Phi) is 8.71. The molecule has 1 aliphatic rings. The first kappa shape index (κ1) is 27.3. The molecule has 0 saturated carbocycles. The highest BCUT2D eigenvalue weighted by Crippen LogP contribution is 2.43. The van der Waals surface area contributed by atoms with Gasteiger partial charge in [0, 0.05) is 29.7 Å². The number of amides is 1.